The van der Waals surface area contributed by atoms with Crippen molar-refractivity contribution in [1.29, 1.82) is 0 Å². The Kier molecular flexibility index (Phi) is 6.00. The molecule has 1 saturated carbocycles. The summed E-state index contributed by atoms with van der Waals surface area (Å²) >= 11 is 0. The number of nitrogens with zero attached hydrogens (tertiary/aromatic N) is 4. The third kappa shape index (κ3) is 4.38. The van der Waals surface area contributed by atoms with Gasteiger partial charge in [-0.1, -0.05) is 38.1 Å². The molecule has 7 nitrogen and oxygen atoms in total. The number of carbonyl (C=O) groups excluding carboxylic acids is 2. The summed E-state index contributed by atoms with van der Waals surface area (Å²) in [4.78, 5) is 35.5. The topological polar surface area (TPSA) is 93.6 Å². The van der Waals surface area contributed by atoms with Crippen LogP contribution >= 0.6 is 0 Å². The van der Waals surface area contributed by atoms with Gasteiger partial charge < -0.3 is 10.6 Å². The molecule has 0 radical (unpaired) electrons. The first-order valence-corrected chi connectivity index (χ1v) is 11.3. The van der Waals surface area contributed by atoms with Crippen molar-refractivity contribution in [2.45, 2.75) is 71.9 Å². The van der Waals surface area contributed by atoms with Crippen LogP contribution in [-0.2, 0) is 17.8 Å². The van der Waals surface area contributed by atoms with Gasteiger partial charge in [-0.3, -0.25) is 14.0 Å². The number of aromatic nitrogens is 3. The maximum atomic E-state index is 13.2. The van der Waals surface area contributed by atoms with Crippen LogP contribution in [0.15, 0.2) is 30.6 Å². The van der Waals surface area contributed by atoms with E-state index in [1.54, 1.807) is 10.7 Å². The third-order valence-corrected chi connectivity index (χ3v) is 6.38. The van der Waals surface area contributed by atoms with Crippen molar-refractivity contribution < 1.29 is 9.59 Å². The second-order valence-corrected chi connectivity index (χ2v) is 9.06. The number of primary amides is 1. The van der Waals surface area contributed by atoms with Crippen LogP contribution < -0.4 is 5.73 Å². The highest BCUT2D eigenvalue weighted by atomic mass is 16.2. The zero-order valence-electron chi connectivity index (χ0n) is 19.3. The predicted octanol–water partition coefficient (Wildman–Crippen LogP) is 3.69. The van der Waals surface area contributed by atoms with Crippen LogP contribution in [0.3, 0.4) is 0 Å². The second-order valence-electron chi connectivity index (χ2n) is 9.06. The number of carbonyl (C=O) groups is 2. The molecule has 0 aliphatic heterocycles. The van der Waals surface area contributed by atoms with Gasteiger partial charge in [-0.05, 0) is 55.7 Å². The summed E-state index contributed by atoms with van der Waals surface area (Å²) in [7, 11) is 0. The van der Waals surface area contributed by atoms with Crippen LogP contribution in [-0.4, -0.2) is 37.1 Å². The number of imidazole rings is 1. The van der Waals surface area contributed by atoms with Crippen molar-refractivity contribution in [1.82, 2.24) is 19.3 Å². The zero-order chi connectivity index (χ0) is 23.0. The van der Waals surface area contributed by atoms with E-state index < -0.39 is 5.91 Å². The van der Waals surface area contributed by atoms with Gasteiger partial charge in [-0.2, -0.15) is 0 Å². The standard InChI is InChI=1S/C25H31N5O2/c1-15(2)19-7-5-18(6-8-19)13-29(20-9-10-20)22(31)12-11-21-16(3)28-25-23(24(26)32)27-14-30(25)17(21)4/h5-8,14-15,20H,9-13H2,1-4H3,(H2,26,32). The van der Waals surface area contributed by atoms with Gasteiger partial charge >= 0.3 is 0 Å². The largest absolute Gasteiger partial charge is 0.364 e. The Labute approximate surface area is 188 Å². The molecule has 1 aliphatic rings. The van der Waals surface area contributed by atoms with Gasteiger partial charge in [0.05, 0.1) is 0 Å². The maximum Gasteiger partial charge on any atom is 0.271 e. The molecule has 0 spiro atoms. The molecule has 2 N–H and O–H groups in total. The normalized spacial score (nSPS) is 13.7. The molecule has 4 rings (SSSR count). The SMILES string of the molecule is Cc1nc2c(C(N)=O)ncn2c(C)c1CCC(=O)N(Cc1ccc(C(C)C)cc1)C1CC1. The molecule has 1 aromatic carbocycles. The first-order valence-electron chi connectivity index (χ1n) is 11.3. The Morgan fingerprint density at radius 3 is 2.47 bits per heavy atom. The Balaban J connectivity index is 1.49. The minimum absolute atomic E-state index is 0.169. The highest BCUT2D eigenvalue weighted by Crippen LogP contribution is 2.30. The zero-order valence-corrected chi connectivity index (χ0v) is 19.3. The molecular formula is C25H31N5O2. The lowest BCUT2D eigenvalue weighted by molar-refractivity contribution is -0.132. The van der Waals surface area contributed by atoms with Gasteiger partial charge in [-0.15, -0.1) is 0 Å². The molecule has 0 atom stereocenters. The number of hydrogen-bond donors (Lipinski definition) is 1. The van der Waals surface area contributed by atoms with E-state index in [1.165, 1.54) is 11.1 Å². The van der Waals surface area contributed by atoms with Crippen molar-refractivity contribution in [3.05, 3.63) is 64.4 Å². The maximum absolute atomic E-state index is 13.2. The van der Waals surface area contributed by atoms with Gasteiger partial charge in [0.2, 0.25) is 5.91 Å². The molecule has 1 fully saturated rings. The summed E-state index contributed by atoms with van der Waals surface area (Å²) in [5, 5.41) is 0. The average molecular weight is 434 g/mol. The average Bonchev–Trinajstić information content (AvgIpc) is 3.50. The molecule has 2 heterocycles. The van der Waals surface area contributed by atoms with E-state index in [1.807, 2.05) is 18.7 Å². The summed E-state index contributed by atoms with van der Waals surface area (Å²) in [6.45, 7) is 8.89. The molecule has 3 aromatic rings. The molecule has 0 unspecified atom stereocenters. The van der Waals surface area contributed by atoms with Crippen LogP contribution in [0, 0.1) is 13.8 Å². The molecule has 2 amide bonds. The first kappa shape index (κ1) is 22.0. The van der Waals surface area contributed by atoms with Crippen LogP contribution in [0.4, 0.5) is 0 Å². The van der Waals surface area contributed by atoms with Gasteiger partial charge in [0.1, 0.15) is 6.33 Å². The minimum atomic E-state index is -0.594. The quantitative estimate of drug-likeness (QED) is 0.586. The highest BCUT2D eigenvalue weighted by Gasteiger charge is 2.32. The van der Waals surface area contributed by atoms with E-state index in [2.05, 4.69) is 48.1 Å². The number of benzene rings is 1. The fraction of sp³-hybridized carbons (Fsp3) is 0.440. The smallest absolute Gasteiger partial charge is 0.271 e. The summed E-state index contributed by atoms with van der Waals surface area (Å²) in [5.74, 6) is 0.0724. The fourth-order valence-corrected chi connectivity index (χ4v) is 4.25. The van der Waals surface area contributed by atoms with E-state index in [0.29, 0.717) is 37.0 Å². The molecule has 0 saturated heterocycles. The van der Waals surface area contributed by atoms with Crippen LogP contribution in [0.25, 0.3) is 5.65 Å². The van der Waals surface area contributed by atoms with E-state index >= 15 is 0 Å². The number of fused-ring (bicyclic) bond motifs is 1. The lowest BCUT2D eigenvalue weighted by Gasteiger charge is -2.23. The molecule has 168 valence electrons. The van der Waals surface area contributed by atoms with Crippen molar-refractivity contribution in [2.75, 3.05) is 0 Å². The number of nitrogens with two attached hydrogens (primary N) is 1. The third-order valence-electron chi connectivity index (χ3n) is 6.38. The summed E-state index contributed by atoms with van der Waals surface area (Å²) < 4.78 is 1.78. The summed E-state index contributed by atoms with van der Waals surface area (Å²) in [6, 6.07) is 8.95. The minimum Gasteiger partial charge on any atom is -0.364 e. The van der Waals surface area contributed by atoms with Crippen molar-refractivity contribution in [3.8, 4) is 0 Å². The Morgan fingerprint density at radius 2 is 1.88 bits per heavy atom. The molecular weight excluding hydrogens is 402 g/mol. The van der Waals surface area contributed by atoms with Crippen LogP contribution in [0.2, 0.25) is 0 Å². The number of rotatable bonds is 8. The van der Waals surface area contributed by atoms with Gasteiger partial charge in [-0.25, -0.2) is 9.97 Å². The van der Waals surface area contributed by atoms with Crippen molar-refractivity contribution in [3.63, 3.8) is 0 Å². The van der Waals surface area contributed by atoms with E-state index in [0.717, 1.165) is 29.8 Å². The van der Waals surface area contributed by atoms with Gasteiger partial charge in [0.25, 0.3) is 5.91 Å². The van der Waals surface area contributed by atoms with E-state index in [-0.39, 0.29) is 11.6 Å². The summed E-state index contributed by atoms with van der Waals surface area (Å²) in [6.07, 6.45) is 4.74. The highest BCUT2D eigenvalue weighted by molar-refractivity contribution is 5.96. The number of amides is 2. The summed E-state index contributed by atoms with van der Waals surface area (Å²) in [5.41, 5.74) is 11.3. The Bertz CT molecular complexity index is 1160. The Morgan fingerprint density at radius 1 is 1.19 bits per heavy atom. The van der Waals surface area contributed by atoms with Crippen molar-refractivity contribution >= 4 is 17.5 Å². The van der Waals surface area contributed by atoms with E-state index in [4.69, 9.17) is 5.73 Å². The molecule has 7 heteroatoms. The first-order chi connectivity index (χ1) is 15.3. The fourth-order valence-electron chi connectivity index (χ4n) is 4.25. The number of hydrogen-bond acceptors (Lipinski definition) is 4. The van der Waals surface area contributed by atoms with E-state index in [9.17, 15) is 9.59 Å². The second kappa shape index (κ2) is 8.73. The number of aryl methyl sites for hydroxylation is 2. The molecule has 2 aromatic heterocycles. The van der Waals surface area contributed by atoms with Crippen LogP contribution in [0.1, 0.15) is 77.6 Å². The Hall–Kier alpha value is -3.22. The van der Waals surface area contributed by atoms with Crippen molar-refractivity contribution in [2.24, 2.45) is 5.73 Å². The molecule has 1 aliphatic carbocycles. The lowest BCUT2D eigenvalue weighted by atomic mass is 10.0. The predicted molar refractivity (Wildman–Crippen MR) is 123 cm³/mol. The van der Waals surface area contributed by atoms with Gasteiger partial charge in [0.15, 0.2) is 11.3 Å². The van der Waals surface area contributed by atoms with Gasteiger partial charge in [0, 0.05) is 30.4 Å². The van der Waals surface area contributed by atoms with Crippen LogP contribution in [0.5, 0.6) is 0 Å². The molecule has 32 heavy (non-hydrogen) atoms. The lowest BCUT2D eigenvalue weighted by Crippen LogP contribution is -2.32. The molecule has 0 bridgehead atoms. The monoisotopic (exact) mass is 433 g/mol.